The molecule has 6 heteroatoms. The van der Waals surface area contributed by atoms with Gasteiger partial charge in [-0.15, -0.1) is 0 Å². The van der Waals surface area contributed by atoms with Gasteiger partial charge in [-0.3, -0.25) is 4.79 Å². The van der Waals surface area contributed by atoms with Gasteiger partial charge in [0, 0.05) is 6.54 Å². The molecule has 1 unspecified atom stereocenters. The minimum absolute atomic E-state index is 0.152. The summed E-state index contributed by atoms with van der Waals surface area (Å²) in [5.74, 6) is -1.16. The van der Waals surface area contributed by atoms with Gasteiger partial charge in [-0.05, 0) is 37.0 Å². The molecule has 1 aliphatic rings. The second-order valence-corrected chi connectivity index (χ2v) is 5.00. The summed E-state index contributed by atoms with van der Waals surface area (Å²) in [5, 5.41) is 18.3. The molecule has 1 aromatic rings. The Morgan fingerprint density at radius 1 is 1.35 bits per heavy atom. The van der Waals surface area contributed by atoms with E-state index in [2.05, 4.69) is 0 Å². The Bertz CT molecular complexity index is 500. The van der Waals surface area contributed by atoms with Crippen LogP contribution in [-0.4, -0.2) is 45.6 Å². The third-order valence-corrected chi connectivity index (χ3v) is 3.53. The Hall–Kier alpha value is -2.08. The molecule has 0 bridgehead atoms. The smallest absolute Gasteiger partial charge is 0.326 e. The van der Waals surface area contributed by atoms with Crippen molar-refractivity contribution in [3.63, 3.8) is 0 Å². The number of phenolic OH excluding ortho intramolecular Hbond substituents is 1. The fourth-order valence-corrected chi connectivity index (χ4v) is 2.47. The quantitative estimate of drug-likeness (QED) is 0.736. The van der Waals surface area contributed by atoms with Crippen molar-refractivity contribution in [2.45, 2.75) is 31.3 Å². The van der Waals surface area contributed by atoms with Crippen molar-refractivity contribution < 1.29 is 19.8 Å². The lowest BCUT2D eigenvalue weighted by Crippen LogP contribution is -2.49. The van der Waals surface area contributed by atoms with Crippen LogP contribution in [0.15, 0.2) is 24.3 Å². The molecule has 6 nitrogen and oxygen atoms in total. The van der Waals surface area contributed by atoms with E-state index in [0.29, 0.717) is 25.8 Å². The summed E-state index contributed by atoms with van der Waals surface area (Å²) in [6.07, 6.45) is 1.49. The summed E-state index contributed by atoms with van der Waals surface area (Å²) in [5.41, 5.74) is 6.71. The van der Waals surface area contributed by atoms with Gasteiger partial charge in [0.2, 0.25) is 5.91 Å². The average molecular weight is 278 g/mol. The fraction of sp³-hybridized carbons (Fsp3) is 0.429. The topological polar surface area (TPSA) is 104 Å². The zero-order valence-corrected chi connectivity index (χ0v) is 11.0. The number of carboxylic acid groups (broad SMARTS) is 1. The van der Waals surface area contributed by atoms with Gasteiger partial charge >= 0.3 is 5.97 Å². The molecule has 2 atom stereocenters. The Morgan fingerprint density at radius 2 is 2.00 bits per heavy atom. The van der Waals surface area contributed by atoms with Crippen LogP contribution in [0.3, 0.4) is 0 Å². The lowest BCUT2D eigenvalue weighted by Gasteiger charge is -2.24. The van der Waals surface area contributed by atoms with Crippen LogP contribution in [0.2, 0.25) is 0 Å². The molecule has 1 aliphatic heterocycles. The number of amides is 1. The Morgan fingerprint density at radius 3 is 2.60 bits per heavy atom. The van der Waals surface area contributed by atoms with Gasteiger partial charge < -0.3 is 20.8 Å². The molecule has 1 fully saturated rings. The maximum absolute atomic E-state index is 12.2. The molecule has 1 heterocycles. The van der Waals surface area contributed by atoms with Gasteiger partial charge in [0.25, 0.3) is 0 Å². The number of rotatable bonds is 4. The van der Waals surface area contributed by atoms with Crippen molar-refractivity contribution >= 4 is 11.9 Å². The first-order valence-corrected chi connectivity index (χ1v) is 6.56. The molecule has 2 rings (SSSR count). The summed E-state index contributed by atoms with van der Waals surface area (Å²) >= 11 is 0. The number of nitrogens with zero attached hydrogens (tertiary/aromatic N) is 1. The third-order valence-electron chi connectivity index (χ3n) is 3.53. The van der Waals surface area contributed by atoms with E-state index in [0.717, 1.165) is 5.56 Å². The van der Waals surface area contributed by atoms with Crippen LogP contribution < -0.4 is 5.73 Å². The number of carbonyl (C=O) groups is 2. The Balaban J connectivity index is 2.01. The first kappa shape index (κ1) is 14.3. The van der Waals surface area contributed by atoms with E-state index in [1.54, 1.807) is 12.1 Å². The van der Waals surface area contributed by atoms with Gasteiger partial charge in [-0.2, -0.15) is 0 Å². The number of aliphatic carboxylic acids is 1. The number of carboxylic acids is 1. The molecule has 1 aromatic carbocycles. The van der Waals surface area contributed by atoms with Crippen LogP contribution in [0, 0.1) is 0 Å². The second-order valence-electron chi connectivity index (χ2n) is 5.00. The van der Waals surface area contributed by atoms with Gasteiger partial charge in [0.1, 0.15) is 11.8 Å². The highest BCUT2D eigenvalue weighted by Gasteiger charge is 2.35. The SMILES string of the molecule is N[C@H](Cc1ccc(O)cc1)C(=O)N1CCCC1C(=O)O. The summed E-state index contributed by atoms with van der Waals surface area (Å²) in [4.78, 5) is 24.6. The highest BCUT2D eigenvalue weighted by molar-refractivity contribution is 5.87. The normalized spacial score (nSPS) is 19.9. The lowest BCUT2D eigenvalue weighted by atomic mass is 10.0. The van der Waals surface area contributed by atoms with Gasteiger partial charge in [-0.25, -0.2) is 4.79 Å². The molecular weight excluding hydrogens is 260 g/mol. The lowest BCUT2D eigenvalue weighted by molar-refractivity contribution is -0.148. The first-order valence-electron chi connectivity index (χ1n) is 6.56. The molecule has 0 aliphatic carbocycles. The predicted octanol–water partition coefficient (Wildman–Crippen LogP) is 0.338. The molecule has 0 aromatic heterocycles. The van der Waals surface area contributed by atoms with E-state index in [4.69, 9.17) is 10.8 Å². The Labute approximate surface area is 116 Å². The molecular formula is C14H18N2O4. The third kappa shape index (κ3) is 3.08. The highest BCUT2D eigenvalue weighted by Crippen LogP contribution is 2.19. The van der Waals surface area contributed by atoms with E-state index >= 15 is 0 Å². The van der Waals surface area contributed by atoms with Crippen LogP contribution in [0.25, 0.3) is 0 Å². The number of benzene rings is 1. The van der Waals surface area contributed by atoms with Crippen LogP contribution in [0.1, 0.15) is 18.4 Å². The monoisotopic (exact) mass is 278 g/mol. The van der Waals surface area contributed by atoms with E-state index in [9.17, 15) is 14.7 Å². The molecule has 0 spiro atoms. The number of hydrogen-bond donors (Lipinski definition) is 3. The zero-order chi connectivity index (χ0) is 14.7. The highest BCUT2D eigenvalue weighted by atomic mass is 16.4. The van der Waals surface area contributed by atoms with Gasteiger partial charge in [0.15, 0.2) is 0 Å². The summed E-state index contributed by atoms with van der Waals surface area (Å²) in [6, 6.07) is 4.93. The van der Waals surface area contributed by atoms with Crippen LogP contribution >= 0.6 is 0 Å². The van der Waals surface area contributed by atoms with Crippen molar-refractivity contribution in [3.05, 3.63) is 29.8 Å². The van der Waals surface area contributed by atoms with Crippen LogP contribution in [0.4, 0.5) is 0 Å². The summed E-state index contributed by atoms with van der Waals surface area (Å²) in [6.45, 7) is 0.444. The van der Waals surface area contributed by atoms with Crippen molar-refractivity contribution in [1.29, 1.82) is 0 Å². The number of nitrogens with two attached hydrogens (primary N) is 1. The first-order chi connectivity index (χ1) is 9.49. The van der Waals surface area contributed by atoms with Crippen molar-refractivity contribution in [1.82, 2.24) is 4.90 Å². The van der Waals surface area contributed by atoms with Crippen molar-refractivity contribution in [2.24, 2.45) is 5.73 Å². The van der Waals surface area contributed by atoms with Gasteiger partial charge in [-0.1, -0.05) is 12.1 Å². The predicted molar refractivity (Wildman–Crippen MR) is 72.2 cm³/mol. The molecule has 108 valence electrons. The fourth-order valence-electron chi connectivity index (χ4n) is 2.47. The molecule has 4 N–H and O–H groups in total. The standard InChI is InChI=1S/C14H18N2O4/c15-11(8-9-3-5-10(17)6-4-9)13(18)16-7-1-2-12(16)14(19)20/h3-6,11-12,17H,1-2,7-8,15H2,(H,19,20)/t11-,12?/m1/s1. The molecule has 0 saturated carbocycles. The second kappa shape index (κ2) is 5.92. The number of carbonyl (C=O) groups excluding carboxylic acids is 1. The van der Waals surface area contributed by atoms with Crippen LogP contribution in [-0.2, 0) is 16.0 Å². The number of likely N-dealkylation sites (tertiary alicyclic amines) is 1. The largest absolute Gasteiger partial charge is 0.508 e. The number of hydrogen-bond acceptors (Lipinski definition) is 4. The maximum Gasteiger partial charge on any atom is 0.326 e. The number of phenols is 1. The minimum Gasteiger partial charge on any atom is -0.508 e. The minimum atomic E-state index is -0.979. The summed E-state index contributed by atoms with van der Waals surface area (Å²) in [7, 11) is 0. The van der Waals surface area contributed by atoms with E-state index < -0.39 is 18.1 Å². The maximum atomic E-state index is 12.2. The molecule has 20 heavy (non-hydrogen) atoms. The van der Waals surface area contributed by atoms with Crippen molar-refractivity contribution in [3.8, 4) is 5.75 Å². The van der Waals surface area contributed by atoms with E-state index in [-0.39, 0.29) is 11.7 Å². The Kier molecular flexibility index (Phi) is 4.24. The zero-order valence-electron chi connectivity index (χ0n) is 11.0. The van der Waals surface area contributed by atoms with E-state index in [1.165, 1.54) is 17.0 Å². The average Bonchev–Trinajstić information content (AvgIpc) is 2.90. The van der Waals surface area contributed by atoms with Gasteiger partial charge in [0.05, 0.1) is 6.04 Å². The molecule has 1 amide bonds. The summed E-state index contributed by atoms with van der Waals surface area (Å²) < 4.78 is 0. The van der Waals surface area contributed by atoms with Crippen molar-refractivity contribution in [2.75, 3.05) is 6.54 Å². The molecule has 0 radical (unpaired) electrons. The van der Waals surface area contributed by atoms with Crippen LogP contribution in [0.5, 0.6) is 5.75 Å². The molecule has 1 saturated heterocycles. The number of aromatic hydroxyl groups is 1. The van der Waals surface area contributed by atoms with E-state index in [1.807, 2.05) is 0 Å².